The molecule has 0 unspecified atom stereocenters. The molecule has 0 aromatic carbocycles. The van der Waals surface area contributed by atoms with Crippen LogP contribution in [-0.2, 0) is 14.3 Å². The Balaban J connectivity index is 2.36. The van der Waals surface area contributed by atoms with Crippen molar-refractivity contribution in [3.8, 4) is 0 Å². The molecule has 6 heteroatoms. The minimum absolute atomic E-state index is 0.0233. The summed E-state index contributed by atoms with van der Waals surface area (Å²) in [6, 6.07) is 0. The predicted octanol–water partition coefficient (Wildman–Crippen LogP) is 1.93. The maximum Gasteiger partial charge on any atom is 0.410 e. The molecule has 1 saturated heterocycles. The standard InChI is InChI=1S/C15H28N2O4/c1-14(2,3)21-13(19)17-9-7-15(4,8-10-17)20-11-6-12(18)16-5/h6-11H2,1-5H3,(H,16,18). The number of nitrogens with one attached hydrogen (secondary N) is 1. The smallest absolute Gasteiger partial charge is 0.410 e. The molecule has 0 bridgehead atoms. The number of hydrogen-bond donors (Lipinski definition) is 1. The maximum atomic E-state index is 12.0. The second-order valence-electron chi connectivity index (χ2n) is 6.69. The van der Waals surface area contributed by atoms with Gasteiger partial charge in [0.05, 0.1) is 12.2 Å². The van der Waals surface area contributed by atoms with Crippen molar-refractivity contribution in [2.24, 2.45) is 0 Å². The molecule has 1 aliphatic rings. The van der Waals surface area contributed by atoms with Gasteiger partial charge in [-0.05, 0) is 40.5 Å². The van der Waals surface area contributed by atoms with E-state index in [1.807, 2.05) is 27.7 Å². The third-order valence-corrected chi connectivity index (χ3v) is 3.53. The predicted molar refractivity (Wildman–Crippen MR) is 80.1 cm³/mol. The number of carbonyl (C=O) groups excluding carboxylic acids is 2. The largest absolute Gasteiger partial charge is 0.444 e. The molecule has 0 aromatic heterocycles. The van der Waals surface area contributed by atoms with Crippen LogP contribution in [0, 0.1) is 0 Å². The molecule has 0 saturated carbocycles. The third kappa shape index (κ3) is 6.33. The van der Waals surface area contributed by atoms with E-state index in [9.17, 15) is 9.59 Å². The molecule has 1 rings (SSSR count). The van der Waals surface area contributed by atoms with E-state index in [1.54, 1.807) is 11.9 Å². The first kappa shape index (κ1) is 17.8. The van der Waals surface area contributed by atoms with Crippen LogP contribution in [0.25, 0.3) is 0 Å². The Morgan fingerprint density at radius 1 is 1.24 bits per heavy atom. The lowest BCUT2D eigenvalue weighted by Crippen LogP contribution is -2.48. The van der Waals surface area contributed by atoms with Gasteiger partial charge in [0.25, 0.3) is 0 Å². The Labute approximate surface area is 127 Å². The molecular weight excluding hydrogens is 272 g/mol. The Hall–Kier alpha value is -1.30. The quantitative estimate of drug-likeness (QED) is 0.861. The van der Waals surface area contributed by atoms with E-state index in [4.69, 9.17) is 9.47 Å². The van der Waals surface area contributed by atoms with Crippen molar-refractivity contribution in [2.45, 2.75) is 58.2 Å². The van der Waals surface area contributed by atoms with Crippen LogP contribution in [0.4, 0.5) is 4.79 Å². The zero-order valence-corrected chi connectivity index (χ0v) is 13.8. The Kier molecular flexibility index (Phi) is 6.01. The van der Waals surface area contributed by atoms with Gasteiger partial charge in [-0.1, -0.05) is 0 Å². The molecule has 122 valence electrons. The van der Waals surface area contributed by atoms with E-state index < -0.39 is 5.60 Å². The molecule has 6 nitrogen and oxygen atoms in total. The van der Waals surface area contributed by atoms with Gasteiger partial charge in [-0.2, -0.15) is 0 Å². The molecule has 0 aromatic rings. The van der Waals surface area contributed by atoms with Gasteiger partial charge in [0.1, 0.15) is 5.60 Å². The van der Waals surface area contributed by atoms with Gasteiger partial charge in [0, 0.05) is 26.6 Å². The van der Waals surface area contributed by atoms with Crippen molar-refractivity contribution >= 4 is 12.0 Å². The molecular formula is C15H28N2O4. The topological polar surface area (TPSA) is 67.9 Å². The van der Waals surface area contributed by atoms with Crippen LogP contribution in [0.1, 0.15) is 47.0 Å². The van der Waals surface area contributed by atoms with E-state index in [-0.39, 0.29) is 17.6 Å². The summed E-state index contributed by atoms with van der Waals surface area (Å²) in [5, 5.41) is 2.57. The zero-order valence-electron chi connectivity index (χ0n) is 13.8. The van der Waals surface area contributed by atoms with Crippen molar-refractivity contribution in [1.82, 2.24) is 10.2 Å². The van der Waals surface area contributed by atoms with Crippen molar-refractivity contribution in [1.29, 1.82) is 0 Å². The van der Waals surface area contributed by atoms with E-state index in [2.05, 4.69) is 5.32 Å². The summed E-state index contributed by atoms with van der Waals surface area (Å²) in [6.07, 6.45) is 1.59. The lowest BCUT2D eigenvalue weighted by atomic mass is 9.93. The number of carbonyl (C=O) groups is 2. The molecule has 0 aliphatic carbocycles. The normalized spacial score (nSPS) is 18.2. The van der Waals surface area contributed by atoms with Gasteiger partial charge in [-0.15, -0.1) is 0 Å². The monoisotopic (exact) mass is 300 g/mol. The first-order chi connectivity index (χ1) is 9.65. The molecule has 0 spiro atoms. The molecule has 1 heterocycles. The third-order valence-electron chi connectivity index (χ3n) is 3.53. The highest BCUT2D eigenvalue weighted by atomic mass is 16.6. The molecule has 1 N–H and O–H groups in total. The van der Waals surface area contributed by atoms with Gasteiger partial charge in [0.15, 0.2) is 0 Å². The van der Waals surface area contributed by atoms with Crippen LogP contribution in [0.3, 0.4) is 0 Å². The summed E-state index contributed by atoms with van der Waals surface area (Å²) in [5.41, 5.74) is -0.742. The summed E-state index contributed by atoms with van der Waals surface area (Å²) >= 11 is 0. The zero-order chi connectivity index (χ0) is 16.1. The second-order valence-corrected chi connectivity index (χ2v) is 6.69. The van der Waals surface area contributed by atoms with Crippen molar-refractivity contribution in [3.05, 3.63) is 0 Å². The SMILES string of the molecule is CNC(=O)CCOC1(C)CCN(C(=O)OC(C)(C)C)CC1. The van der Waals surface area contributed by atoms with Crippen LogP contribution >= 0.6 is 0 Å². The summed E-state index contributed by atoms with van der Waals surface area (Å²) in [6.45, 7) is 9.26. The molecule has 21 heavy (non-hydrogen) atoms. The molecule has 0 atom stereocenters. The number of piperidine rings is 1. The highest BCUT2D eigenvalue weighted by molar-refractivity contribution is 5.75. The Morgan fingerprint density at radius 2 is 1.81 bits per heavy atom. The molecule has 2 amide bonds. The second kappa shape index (κ2) is 7.11. The molecule has 1 aliphatic heterocycles. The van der Waals surface area contributed by atoms with E-state index in [1.165, 1.54) is 0 Å². The van der Waals surface area contributed by atoms with Gasteiger partial charge in [-0.25, -0.2) is 4.79 Å². The highest BCUT2D eigenvalue weighted by Crippen LogP contribution is 2.27. The summed E-state index contributed by atoms with van der Waals surface area (Å²) in [4.78, 5) is 24.9. The van der Waals surface area contributed by atoms with Crippen LogP contribution < -0.4 is 5.32 Å². The lowest BCUT2D eigenvalue weighted by Gasteiger charge is -2.39. The molecule has 1 fully saturated rings. The minimum atomic E-state index is -0.470. The van der Waals surface area contributed by atoms with Crippen LogP contribution in [0.2, 0.25) is 0 Å². The highest BCUT2D eigenvalue weighted by Gasteiger charge is 2.34. The minimum Gasteiger partial charge on any atom is -0.444 e. The summed E-state index contributed by atoms with van der Waals surface area (Å²) in [5.74, 6) is -0.0233. The molecule has 0 radical (unpaired) electrons. The number of likely N-dealkylation sites (tertiary alicyclic amines) is 1. The fourth-order valence-corrected chi connectivity index (χ4v) is 2.15. The van der Waals surface area contributed by atoms with Gasteiger partial charge in [0.2, 0.25) is 5.91 Å². The van der Waals surface area contributed by atoms with E-state index in [0.29, 0.717) is 26.1 Å². The number of hydrogen-bond acceptors (Lipinski definition) is 4. The Bertz CT molecular complexity index is 368. The lowest BCUT2D eigenvalue weighted by molar-refractivity contribution is -0.124. The number of rotatable bonds is 4. The van der Waals surface area contributed by atoms with E-state index >= 15 is 0 Å². The van der Waals surface area contributed by atoms with Crippen LogP contribution in [0.15, 0.2) is 0 Å². The van der Waals surface area contributed by atoms with Crippen molar-refractivity contribution in [3.63, 3.8) is 0 Å². The fraction of sp³-hybridized carbons (Fsp3) is 0.867. The average Bonchev–Trinajstić information content (AvgIpc) is 2.37. The van der Waals surface area contributed by atoms with E-state index in [0.717, 1.165) is 12.8 Å². The average molecular weight is 300 g/mol. The first-order valence-electron chi connectivity index (χ1n) is 7.48. The van der Waals surface area contributed by atoms with Crippen molar-refractivity contribution < 1.29 is 19.1 Å². The summed E-state index contributed by atoms with van der Waals surface area (Å²) in [7, 11) is 1.61. The van der Waals surface area contributed by atoms with Crippen LogP contribution in [0.5, 0.6) is 0 Å². The fourth-order valence-electron chi connectivity index (χ4n) is 2.15. The van der Waals surface area contributed by atoms with Crippen LogP contribution in [-0.4, -0.2) is 54.8 Å². The van der Waals surface area contributed by atoms with Gasteiger partial charge >= 0.3 is 6.09 Å². The number of ether oxygens (including phenoxy) is 2. The van der Waals surface area contributed by atoms with Crippen molar-refractivity contribution in [2.75, 3.05) is 26.7 Å². The number of nitrogens with zero attached hydrogens (tertiary/aromatic N) is 1. The first-order valence-corrected chi connectivity index (χ1v) is 7.48. The van der Waals surface area contributed by atoms with Gasteiger partial charge < -0.3 is 19.7 Å². The Morgan fingerprint density at radius 3 is 2.29 bits per heavy atom. The van der Waals surface area contributed by atoms with Gasteiger partial charge in [-0.3, -0.25) is 4.79 Å². The number of amides is 2. The summed E-state index contributed by atoms with van der Waals surface area (Å²) < 4.78 is 11.2. The maximum absolute atomic E-state index is 12.0.